The Hall–Kier alpha value is -2.10. The van der Waals surface area contributed by atoms with Gasteiger partial charge in [-0.25, -0.2) is 0 Å². The van der Waals surface area contributed by atoms with Gasteiger partial charge >= 0.3 is 0 Å². The second-order valence-electron chi connectivity index (χ2n) is 7.93. The molecular formula is C24H31NO2. The van der Waals surface area contributed by atoms with E-state index >= 15 is 0 Å². The summed E-state index contributed by atoms with van der Waals surface area (Å²) in [4.78, 5) is 2.18. The maximum atomic E-state index is 12.0. The number of hydrogen-bond donors (Lipinski definition) is 1. The molecule has 0 spiro atoms. The van der Waals surface area contributed by atoms with Gasteiger partial charge in [-0.3, -0.25) is 0 Å². The first kappa shape index (κ1) is 19.7. The van der Waals surface area contributed by atoms with Crippen LogP contribution in [0.25, 0.3) is 6.08 Å². The molecule has 1 fully saturated rings. The molecule has 2 atom stereocenters. The number of aliphatic hydroxyl groups is 1. The van der Waals surface area contributed by atoms with Crippen LogP contribution in [0, 0.1) is 12.8 Å². The lowest BCUT2D eigenvalue weighted by atomic mass is 9.67. The van der Waals surface area contributed by atoms with Gasteiger partial charge in [0.1, 0.15) is 11.4 Å². The van der Waals surface area contributed by atoms with E-state index in [9.17, 15) is 5.11 Å². The van der Waals surface area contributed by atoms with Crippen LogP contribution >= 0.6 is 0 Å². The maximum absolute atomic E-state index is 12.0. The van der Waals surface area contributed by atoms with E-state index in [1.807, 2.05) is 12.1 Å². The number of rotatable bonds is 5. The Balaban J connectivity index is 2.05. The molecule has 2 unspecified atom stereocenters. The van der Waals surface area contributed by atoms with Gasteiger partial charge in [0.25, 0.3) is 0 Å². The second kappa shape index (κ2) is 8.28. The van der Waals surface area contributed by atoms with Gasteiger partial charge in [-0.05, 0) is 69.1 Å². The maximum Gasteiger partial charge on any atom is 0.118 e. The van der Waals surface area contributed by atoms with Crippen LogP contribution in [0.15, 0.2) is 54.1 Å². The molecule has 0 saturated heterocycles. The van der Waals surface area contributed by atoms with Crippen molar-refractivity contribution in [3.63, 3.8) is 0 Å². The van der Waals surface area contributed by atoms with Gasteiger partial charge in [0, 0.05) is 12.5 Å². The topological polar surface area (TPSA) is 32.7 Å². The van der Waals surface area contributed by atoms with Crippen molar-refractivity contribution in [3.05, 3.63) is 70.8 Å². The smallest absolute Gasteiger partial charge is 0.118 e. The van der Waals surface area contributed by atoms with Crippen LogP contribution in [0.1, 0.15) is 36.0 Å². The third-order valence-electron chi connectivity index (χ3n) is 5.61. The normalized spacial score (nSPS) is 24.4. The first-order valence-corrected chi connectivity index (χ1v) is 9.73. The fourth-order valence-corrected chi connectivity index (χ4v) is 4.18. The molecule has 0 aliphatic heterocycles. The van der Waals surface area contributed by atoms with Crippen LogP contribution in [0.2, 0.25) is 0 Å². The van der Waals surface area contributed by atoms with E-state index in [0.717, 1.165) is 48.3 Å². The summed E-state index contributed by atoms with van der Waals surface area (Å²) in [5, 5.41) is 12.0. The molecule has 3 nitrogen and oxygen atoms in total. The highest BCUT2D eigenvalue weighted by molar-refractivity contribution is 5.58. The minimum Gasteiger partial charge on any atom is -0.497 e. The first-order valence-electron chi connectivity index (χ1n) is 9.73. The molecule has 3 heteroatoms. The SMILES string of the molecule is COc1ccc(/C=C2\CCCC(CN(C)C)C2(O)c2ccc(C)cc2)cc1. The third kappa shape index (κ3) is 4.26. The molecule has 0 amide bonds. The summed E-state index contributed by atoms with van der Waals surface area (Å²) in [7, 11) is 5.84. The number of nitrogens with zero attached hydrogens (tertiary/aromatic N) is 1. The quantitative estimate of drug-likeness (QED) is 0.838. The van der Waals surface area contributed by atoms with Crippen molar-refractivity contribution >= 4 is 6.08 Å². The summed E-state index contributed by atoms with van der Waals surface area (Å²) >= 11 is 0. The molecule has 27 heavy (non-hydrogen) atoms. The lowest BCUT2D eigenvalue weighted by molar-refractivity contribution is -0.0174. The average molecular weight is 366 g/mol. The average Bonchev–Trinajstić information content (AvgIpc) is 2.66. The Morgan fingerprint density at radius 2 is 1.78 bits per heavy atom. The highest BCUT2D eigenvalue weighted by Gasteiger charge is 2.44. The molecular weight excluding hydrogens is 334 g/mol. The minimum atomic E-state index is -0.934. The monoisotopic (exact) mass is 365 g/mol. The standard InChI is InChI=1S/C24H31NO2/c1-18-8-12-20(13-9-18)24(26)21(6-5-7-22(24)17-25(2)3)16-19-10-14-23(27-4)15-11-19/h8-16,22,26H,5-7,17H2,1-4H3/b21-16+. The molecule has 3 rings (SSSR count). The fraction of sp³-hybridized carbons (Fsp3) is 0.417. The Labute approximate surface area is 163 Å². The van der Waals surface area contributed by atoms with Crippen molar-refractivity contribution in [1.82, 2.24) is 4.90 Å². The van der Waals surface area contributed by atoms with E-state index in [0.29, 0.717) is 0 Å². The van der Waals surface area contributed by atoms with Crippen molar-refractivity contribution < 1.29 is 9.84 Å². The molecule has 1 N–H and O–H groups in total. The Morgan fingerprint density at radius 1 is 1.11 bits per heavy atom. The number of benzene rings is 2. The van der Waals surface area contributed by atoms with Gasteiger partial charge in [-0.15, -0.1) is 0 Å². The molecule has 0 bridgehead atoms. The zero-order chi connectivity index (χ0) is 19.4. The van der Waals surface area contributed by atoms with Crippen molar-refractivity contribution in [2.45, 2.75) is 31.8 Å². The Kier molecular flexibility index (Phi) is 6.03. The molecule has 1 aliphatic rings. The summed E-state index contributed by atoms with van der Waals surface area (Å²) in [5.74, 6) is 1.02. The fourth-order valence-electron chi connectivity index (χ4n) is 4.18. The molecule has 2 aromatic carbocycles. The van der Waals surface area contributed by atoms with Gasteiger partial charge in [0.2, 0.25) is 0 Å². The summed E-state index contributed by atoms with van der Waals surface area (Å²) in [5.41, 5.74) is 3.48. The minimum absolute atomic E-state index is 0.174. The lowest BCUT2D eigenvalue weighted by Crippen LogP contribution is -2.44. The van der Waals surface area contributed by atoms with E-state index in [4.69, 9.17) is 4.74 Å². The van der Waals surface area contributed by atoms with Crippen molar-refractivity contribution in [1.29, 1.82) is 0 Å². The largest absolute Gasteiger partial charge is 0.497 e. The predicted molar refractivity (Wildman–Crippen MR) is 112 cm³/mol. The van der Waals surface area contributed by atoms with Crippen molar-refractivity contribution in [2.24, 2.45) is 5.92 Å². The Bertz CT molecular complexity index is 777. The zero-order valence-corrected chi connectivity index (χ0v) is 16.9. The van der Waals surface area contributed by atoms with Gasteiger partial charge in [-0.2, -0.15) is 0 Å². The molecule has 0 heterocycles. The number of methoxy groups -OCH3 is 1. The summed E-state index contributed by atoms with van der Waals surface area (Å²) in [6.45, 7) is 2.95. The summed E-state index contributed by atoms with van der Waals surface area (Å²) in [6, 6.07) is 16.4. The van der Waals surface area contributed by atoms with E-state index in [2.05, 4.69) is 68.4 Å². The molecule has 1 saturated carbocycles. The van der Waals surface area contributed by atoms with Crippen LogP contribution in [-0.4, -0.2) is 37.8 Å². The van der Waals surface area contributed by atoms with Crippen LogP contribution in [0.3, 0.4) is 0 Å². The van der Waals surface area contributed by atoms with Gasteiger partial charge in [0.15, 0.2) is 0 Å². The molecule has 2 aromatic rings. The van der Waals surface area contributed by atoms with E-state index < -0.39 is 5.60 Å². The lowest BCUT2D eigenvalue weighted by Gasteiger charge is -2.44. The van der Waals surface area contributed by atoms with E-state index in [1.165, 1.54) is 5.56 Å². The van der Waals surface area contributed by atoms with E-state index in [1.54, 1.807) is 7.11 Å². The summed E-state index contributed by atoms with van der Waals surface area (Å²) < 4.78 is 5.27. The van der Waals surface area contributed by atoms with Gasteiger partial charge in [0.05, 0.1) is 7.11 Å². The molecule has 144 valence electrons. The predicted octanol–water partition coefficient (Wildman–Crippen LogP) is 4.64. The van der Waals surface area contributed by atoms with Crippen LogP contribution in [0.5, 0.6) is 5.75 Å². The van der Waals surface area contributed by atoms with Crippen molar-refractivity contribution in [3.8, 4) is 5.75 Å². The van der Waals surface area contributed by atoms with Gasteiger partial charge < -0.3 is 14.7 Å². The van der Waals surface area contributed by atoms with Crippen LogP contribution in [0.4, 0.5) is 0 Å². The summed E-state index contributed by atoms with van der Waals surface area (Å²) in [6.07, 6.45) is 5.22. The van der Waals surface area contributed by atoms with Crippen LogP contribution in [-0.2, 0) is 5.60 Å². The zero-order valence-electron chi connectivity index (χ0n) is 16.9. The van der Waals surface area contributed by atoms with Gasteiger partial charge in [-0.1, -0.05) is 48.0 Å². The third-order valence-corrected chi connectivity index (χ3v) is 5.61. The Morgan fingerprint density at radius 3 is 2.37 bits per heavy atom. The first-order chi connectivity index (χ1) is 12.9. The van der Waals surface area contributed by atoms with Crippen LogP contribution < -0.4 is 4.74 Å². The molecule has 0 radical (unpaired) electrons. The van der Waals surface area contributed by atoms with E-state index in [-0.39, 0.29) is 5.92 Å². The highest BCUT2D eigenvalue weighted by Crippen LogP contribution is 2.46. The highest BCUT2D eigenvalue weighted by atomic mass is 16.5. The second-order valence-corrected chi connectivity index (χ2v) is 7.93. The van der Waals surface area contributed by atoms with Crippen molar-refractivity contribution in [2.75, 3.05) is 27.7 Å². The number of aryl methyl sites for hydroxylation is 1. The molecule has 0 aromatic heterocycles. The molecule has 1 aliphatic carbocycles. The number of hydrogen-bond acceptors (Lipinski definition) is 3. The number of ether oxygens (including phenoxy) is 1.